The van der Waals surface area contributed by atoms with Crippen molar-refractivity contribution in [2.24, 2.45) is 5.92 Å². The molecule has 0 radical (unpaired) electrons. The topological polar surface area (TPSA) is 42.2 Å². The fourth-order valence-corrected chi connectivity index (χ4v) is 3.09. The van der Waals surface area contributed by atoms with Crippen LogP contribution in [0.1, 0.15) is 37.9 Å². The minimum atomic E-state index is 0.150. The Morgan fingerprint density at radius 3 is 2.94 bits per heavy atom. The van der Waals surface area contributed by atoms with Gasteiger partial charge < -0.3 is 9.73 Å². The average molecular weight is 267 g/mol. The van der Waals surface area contributed by atoms with Gasteiger partial charge in [0.05, 0.1) is 17.8 Å². The summed E-state index contributed by atoms with van der Waals surface area (Å²) in [4.78, 5) is 11.7. The molecule has 0 aromatic carbocycles. The number of rotatable bonds is 6. The third-order valence-electron chi connectivity index (χ3n) is 3.37. The Kier molecular flexibility index (Phi) is 5.65. The van der Waals surface area contributed by atoms with Crippen LogP contribution in [0.3, 0.4) is 0 Å². The molecule has 3 nitrogen and oxygen atoms in total. The van der Waals surface area contributed by atoms with Gasteiger partial charge in [0.1, 0.15) is 5.76 Å². The standard InChI is InChI=1S/C14H21NO2S/c16-14(11-18-10-13-7-4-8-17-13)15-9-12-5-2-1-3-6-12/h4,7-8,12H,1-3,5-6,9-11H2,(H,15,16). The zero-order valence-electron chi connectivity index (χ0n) is 10.7. The van der Waals surface area contributed by atoms with Crippen LogP contribution in [0, 0.1) is 5.92 Å². The van der Waals surface area contributed by atoms with Crippen LogP contribution in [0.15, 0.2) is 22.8 Å². The van der Waals surface area contributed by atoms with E-state index in [4.69, 9.17) is 4.42 Å². The van der Waals surface area contributed by atoms with Gasteiger partial charge in [0.15, 0.2) is 0 Å². The lowest BCUT2D eigenvalue weighted by Gasteiger charge is -2.21. The molecule has 1 aromatic heterocycles. The van der Waals surface area contributed by atoms with Crippen molar-refractivity contribution in [3.8, 4) is 0 Å². The van der Waals surface area contributed by atoms with E-state index in [-0.39, 0.29) is 5.91 Å². The molecule has 100 valence electrons. The van der Waals surface area contributed by atoms with E-state index in [1.165, 1.54) is 32.1 Å². The molecular weight excluding hydrogens is 246 g/mol. The molecule has 1 heterocycles. The summed E-state index contributed by atoms with van der Waals surface area (Å²) in [6.07, 6.45) is 8.24. The monoisotopic (exact) mass is 267 g/mol. The molecule has 1 amide bonds. The quantitative estimate of drug-likeness (QED) is 0.860. The van der Waals surface area contributed by atoms with Crippen molar-refractivity contribution in [1.29, 1.82) is 0 Å². The molecule has 1 aromatic rings. The van der Waals surface area contributed by atoms with Crippen LogP contribution in [0.5, 0.6) is 0 Å². The number of hydrogen-bond donors (Lipinski definition) is 1. The summed E-state index contributed by atoms with van der Waals surface area (Å²) in [6.45, 7) is 0.861. The lowest BCUT2D eigenvalue weighted by atomic mass is 9.89. The fourth-order valence-electron chi connectivity index (χ4n) is 2.34. The van der Waals surface area contributed by atoms with E-state index in [0.29, 0.717) is 11.7 Å². The Morgan fingerprint density at radius 1 is 1.39 bits per heavy atom. The second kappa shape index (κ2) is 7.52. The van der Waals surface area contributed by atoms with Gasteiger partial charge in [-0.3, -0.25) is 4.79 Å². The van der Waals surface area contributed by atoms with Crippen LogP contribution in [0.4, 0.5) is 0 Å². The molecule has 1 aliphatic carbocycles. The first-order chi connectivity index (χ1) is 8.84. The number of thioether (sulfide) groups is 1. The third kappa shape index (κ3) is 4.77. The molecular formula is C14H21NO2S. The maximum absolute atomic E-state index is 11.7. The number of carbonyl (C=O) groups is 1. The minimum Gasteiger partial charge on any atom is -0.468 e. The lowest BCUT2D eigenvalue weighted by molar-refractivity contribution is -0.118. The van der Waals surface area contributed by atoms with Gasteiger partial charge in [0.2, 0.25) is 5.91 Å². The second-order valence-electron chi connectivity index (χ2n) is 4.88. The number of amides is 1. The highest BCUT2D eigenvalue weighted by Crippen LogP contribution is 2.22. The van der Waals surface area contributed by atoms with Crippen LogP contribution < -0.4 is 5.32 Å². The Bertz CT molecular complexity index is 345. The molecule has 1 fully saturated rings. The molecule has 0 aliphatic heterocycles. The Hall–Kier alpha value is -0.900. The molecule has 0 spiro atoms. The Morgan fingerprint density at radius 2 is 2.22 bits per heavy atom. The van der Waals surface area contributed by atoms with Gasteiger partial charge in [0.25, 0.3) is 0 Å². The van der Waals surface area contributed by atoms with Crippen molar-refractivity contribution in [2.75, 3.05) is 12.3 Å². The van der Waals surface area contributed by atoms with Crippen LogP contribution in [0.25, 0.3) is 0 Å². The van der Waals surface area contributed by atoms with Crippen molar-refractivity contribution >= 4 is 17.7 Å². The highest BCUT2D eigenvalue weighted by Gasteiger charge is 2.14. The first-order valence-electron chi connectivity index (χ1n) is 6.71. The number of furan rings is 1. The maximum Gasteiger partial charge on any atom is 0.230 e. The van der Waals surface area contributed by atoms with E-state index in [1.54, 1.807) is 18.0 Å². The molecule has 1 N–H and O–H groups in total. The largest absolute Gasteiger partial charge is 0.468 e. The smallest absolute Gasteiger partial charge is 0.230 e. The van der Waals surface area contributed by atoms with Crippen molar-refractivity contribution in [2.45, 2.75) is 37.9 Å². The van der Waals surface area contributed by atoms with Crippen LogP contribution in [-0.4, -0.2) is 18.2 Å². The van der Waals surface area contributed by atoms with Gasteiger partial charge >= 0.3 is 0 Å². The molecule has 4 heteroatoms. The molecule has 1 saturated carbocycles. The number of carbonyl (C=O) groups excluding carboxylic acids is 1. The van der Waals surface area contributed by atoms with E-state index in [1.807, 2.05) is 12.1 Å². The summed E-state index contributed by atoms with van der Waals surface area (Å²) in [5, 5.41) is 3.04. The fraction of sp³-hybridized carbons (Fsp3) is 0.643. The van der Waals surface area contributed by atoms with Gasteiger partial charge in [-0.05, 0) is 30.9 Å². The summed E-state index contributed by atoms with van der Waals surface area (Å²) in [5.41, 5.74) is 0. The summed E-state index contributed by atoms with van der Waals surface area (Å²) >= 11 is 1.60. The van der Waals surface area contributed by atoms with Gasteiger partial charge in [-0.25, -0.2) is 0 Å². The first-order valence-corrected chi connectivity index (χ1v) is 7.87. The van der Waals surface area contributed by atoms with Crippen molar-refractivity contribution in [3.05, 3.63) is 24.2 Å². The highest BCUT2D eigenvalue weighted by molar-refractivity contribution is 7.99. The predicted octanol–water partition coefficient (Wildman–Crippen LogP) is 3.21. The summed E-state index contributed by atoms with van der Waals surface area (Å²) in [6, 6.07) is 3.81. The van der Waals surface area contributed by atoms with Crippen LogP contribution >= 0.6 is 11.8 Å². The minimum absolute atomic E-state index is 0.150. The van der Waals surface area contributed by atoms with Gasteiger partial charge in [-0.2, -0.15) is 0 Å². The molecule has 0 bridgehead atoms. The van der Waals surface area contributed by atoms with Crippen LogP contribution in [0.2, 0.25) is 0 Å². The van der Waals surface area contributed by atoms with Gasteiger partial charge in [-0.1, -0.05) is 19.3 Å². The number of nitrogens with one attached hydrogen (secondary N) is 1. The summed E-state index contributed by atoms with van der Waals surface area (Å²) < 4.78 is 5.22. The zero-order valence-corrected chi connectivity index (χ0v) is 11.5. The zero-order chi connectivity index (χ0) is 12.6. The summed E-state index contributed by atoms with van der Waals surface area (Å²) in [7, 11) is 0. The summed E-state index contributed by atoms with van der Waals surface area (Å²) in [5.74, 6) is 3.08. The van der Waals surface area contributed by atoms with E-state index in [9.17, 15) is 4.79 Å². The van der Waals surface area contributed by atoms with Crippen molar-refractivity contribution in [1.82, 2.24) is 5.32 Å². The van der Waals surface area contributed by atoms with Crippen LogP contribution in [-0.2, 0) is 10.5 Å². The van der Waals surface area contributed by atoms with E-state index >= 15 is 0 Å². The van der Waals surface area contributed by atoms with E-state index in [2.05, 4.69) is 5.32 Å². The number of hydrogen-bond acceptors (Lipinski definition) is 3. The van der Waals surface area contributed by atoms with Gasteiger partial charge in [-0.15, -0.1) is 11.8 Å². The predicted molar refractivity (Wildman–Crippen MR) is 74.5 cm³/mol. The van der Waals surface area contributed by atoms with Gasteiger partial charge in [0, 0.05) is 6.54 Å². The normalized spacial score (nSPS) is 16.7. The van der Waals surface area contributed by atoms with E-state index < -0.39 is 0 Å². The third-order valence-corrected chi connectivity index (χ3v) is 4.33. The average Bonchev–Trinajstić information content (AvgIpc) is 2.91. The van der Waals surface area contributed by atoms with Crippen molar-refractivity contribution < 1.29 is 9.21 Å². The second-order valence-corrected chi connectivity index (χ2v) is 5.87. The SMILES string of the molecule is O=C(CSCc1ccco1)NCC1CCCCC1. The maximum atomic E-state index is 11.7. The molecule has 1 aliphatic rings. The lowest BCUT2D eigenvalue weighted by Crippen LogP contribution is -2.31. The molecule has 18 heavy (non-hydrogen) atoms. The molecule has 0 unspecified atom stereocenters. The first kappa shape index (κ1) is 13.5. The highest BCUT2D eigenvalue weighted by atomic mass is 32.2. The molecule has 0 atom stereocenters. The Balaban J connectivity index is 1.54. The molecule has 0 saturated heterocycles. The Labute approximate surface area is 113 Å². The molecule has 2 rings (SSSR count). The van der Waals surface area contributed by atoms with Crippen molar-refractivity contribution in [3.63, 3.8) is 0 Å². The van der Waals surface area contributed by atoms with E-state index in [0.717, 1.165) is 18.1 Å².